The van der Waals surface area contributed by atoms with Gasteiger partial charge in [0.1, 0.15) is 11.4 Å². The first-order chi connectivity index (χ1) is 22.9. The van der Waals surface area contributed by atoms with Gasteiger partial charge in [0.2, 0.25) is 17.7 Å². The number of carbonyl (C=O) groups is 1. The van der Waals surface area contributed by atoms with E-state index < -0.39 is 0 Å². The number of nitrogens with one attached hydrogen (secondary N) is 2. The Balaban J connectivity index is 1.21. The predicted octanol–water partition coefficient (Wildman–Crippen LogP) is 5.66. The Bertz CT molecular complexity index is 1740. The molecule has 2 saturated heterocycles. The van der Waals surface area contributed by atoms with Gasteiger partial charge >= 0.3 is 0 Å². The Morgan fingerprint density at radius 1 is 0.872 bits per heavy atom. The summed E-state index contributed by atoms with van der Waals surface area (Å²) in [5.74, 6) is 0.967. The van der Waals surface area contributed by atoms with E-state index in [1.165, 1.54) is 0 Å². The molecule has 4 heterocycles. The highest BCUT2D eigenvalue weighted by Gasteiger charge is 2.22. The van der Waals surface area contributed by atoms with Crippen molar-refractivity contribution in [1.82, 2.24) is 30.6 Å². The molecule has 0 aliphatic carbocycles. The summed E-state index contributed by atoms with van der Waals surface area (Å²) in [6.07, 6.45) is 7.04. The molecule has 13 heteroatoms. The van der Waals surface area contributed by atoms with Crippen LogP contribution in [0.3, 0.4) is 0 Å². The Kier molecular flexibility index (Phi) is 10.8. The van der Waals surface area contributed by atoms with Gasteiger partial charge in [-0.05, 0) is 25.7 Å². The van der Waals surface area contributed by atoms with E-state index in [-0.39, 0.29) is 18.2 Å². The maximum atomic E-state index is 11.5. The zero-order valence-corrected chi connectivity index (χ0v) is 27.7. The number of methoxy groups -OCH3 is 2. The lowest BCUT2D eigenvalue weighted by Gasteiger charge is -2.15. The highest BCUT2D eigenvalue weighted by molar-refractivity contribution is 6.39. The molecule has 1 atom stereocenters. The second-order valence-corrected chi connectivity index (χ2v) is 12.0. The quantitative estimate of drug-likeness (QED) is 0.183. The first-order valence-electron chi connectivity index (χ1n) is 15.6. The lowest BCUT2D eigenvalue weighted by Crippen LogP contribution is -2.27. The first kappa shape index (κ1) is 33.0. The molecule has 2 aliphatic rings. The molecule has 4 aromatic rings. The smallest absolute Gasteiger partial charge is 0.237 e. The second-order valence-electron chi connectivity index (χ2n) is 11.3. The Hall–Kier alpha value is -3.87. The summed E-state index contributed by atoms with van der Waals surface area (Å²) in [7, 11) is 3.14. The first-order valence-corrected chi connectivity index (χ1v) is 16.3. The molecule has 0 saturated carbocycles. The third-order valence-corrected chi connectivity index (χ3v) is 9.01. The lowest BCUT2D eigenvalue weighted by atomic mass is 9.98. The zero-order chi connectivity index (χ0) is 32.8. The number of rotatable bonds is 13. The van der Waals surface area contributed by atoms with E-state index in [2.05, 4.69) is 20.6 Å². The average Bonchev–Trinajstić information content (AvgIpc) is 3.77. The van der Waals surface area contributed by atoms with Gasteiger partial charge in [0.05, 0.1) is 61.3 Å². The van der Waals surface area contributed by atoms with Crippen LogP contribution in [0.2, 0.25) is 10.0 Å². The second kappa shape index (κ2) is 15.4. The van der Waals surface area contributed by atoms with Crippen molar-refractivity contribution in [2.24, 2.45) is 0 Å². The van der Waals surface area contributed by atoms with Gasteiger partial charge in [-0.1, -0.05) is 59.6 Å². The summed E-state index contributed by atoms with van der Waals surface area (Å²) in [5.41, 5.74) is 5.41. The van der Waals surface area contributed by atoms with Crippen molar-refractivity contribution in [3.63, 3.8) is 0 Å². The fourth-order valence-electron chi connectivity index (χ4n) is 5.79. The van der Waals surface area contributed by atoms with Crippen molar-refractivity contribution in [1.29, 1.82) is 0 Å². The summed E-state index contributed by atoms with van der Waals surface area (Å²) in [6.45, 7) is 2.16. The summed E-state index contributed by atoms with van der Waals surface area (Å²) >= 11 is 14.1. The third kappa shape index (κ3) is 7.66. The van der Waals surface area contributed by atoms with Crippen LogP contribution >= 0.6 is 23.2 Å². The van der Waals surface area contributed by atoms with Gasteiger partial charge in [-0.15, -0.1) is 0 Å². The minimum atomic E-state index is -0.266. The van der Waals surface area contributed by atoms with Crippen LogP contribution in [-0.4, -0.2) is 72.2 Å². The summed E-state index contributed by atoms with van der Waals surface area (Å²) in [5, 5.41) is 7.24. The van der Waals surface area contributed by atoms with Crippen molar-refractivity contribution < 1.29 is 23.7 Å². The van der Waals surface area contributed by atoms with Crippen LogP contribution in [0.1, 0.15) is 37.1 Å². The number of hydrogen-bond acceptors (Lipinski definition) is 10. The van der Waals surface area contributed by atoms with Gasteiger partial charge in [0.15, 0.2) is 6.29 Å². The number of hydrogen-bond donors (Lipinski definition) is 2. The number of amides is 1. The van der Waals surface area contributed by atoms with Gasteiger partial charge in [-0.3, -0.25) is 14.8 Å². The Morgan fingerprint density at radius 3 is 2.02 bits per heavy atom. The number of benzene rings is 2. The zero-order valence-electron chi connectivity index (χ0n) is 26.2. The summed E-state index contributed by atoms with van der Waals surface area (Å²) < 4.78 is 22.1. The predicted molar refractivity (Wildman–Crippen MR) is 179 cm³/mol. The van der Waals surface area contributed by atoms with Gasteiger partial charge in [0, 0.05) is 47.8 Å². The van der Waals surface area contributed by atoms with Crippen molar-refractivity contribution in [2.75, 3.05) is 34.0 Å². The number of aryl methyl sites for hydroxylation is 1. The molecule has 0 unspecified atom stereocenters. The SMILES string of the molecule is COc1nc(-c2cccc(-c3cccc(-c4cnc(CNCC5OCCO5)c(OC)n4)c3Cl)c2Cl)cnc1CCC[C@@H]1CCC(=O)N1. The molecule has 246 valence electrons. The van der Waals surface area contributed by atoms with E-state index in [4.69, 9.17) is 52.1 Å². The monoisotopic (exact) mass is 678 g/mol. The maximum absolute atomic E-state index is 11.5. The Morgan fingerprint density at radius 2 is 1.45 bits per heavy atom. The molecule has 2 aliphatic heterocycles. The van der Waals surface area contributed by atoms with Gasteiger partial charge < -0.3 is 29.6 Å². The molecule has 0 spiro atoms. The fourth-order valence-corrected chi connectivity index (χ4v) is 6.44. The minimum absolute atomic E-state index is 0.123. The van der Waals surface area contributed by atoms with Crippen LogP contribution < -0.4 is 20.1 Å². The third-order valence-electron chi connectivity index (χ3n) is 8.19. The summed E-state index contributed by atoms with van der Waals surface area (Å²) in [4.78, 5) is 30.3. The number of halogens is 2. The molecule has 0 radical (unpaired) electrons. The Labute approximate surface area is 283 Å². The number of ether oxygens (including phenoxy) is 4. The molecule has 6 rings (SSSR count). The van der Waals surface area contributed by atoms with Gasteiger partial charge in [-0.25, -0.2) is 9.97 Å². The van der Waals surface area contributed by atoms with Crippen LogP contribution in [-0.2, 0) is 27.2 Å². The number of aromatic nitrogens is 4. The average molecular weight is 680 g/mol. The van der Waals surface area contributed by atoms with E-state index in [1.54, 1.807) is 26.6 Å². The minimum Gasteiger partial charge on any atom is -0.480 e. The normalized spacial score (nSPS) is 16.4. The molecule has 2 aromatic heterocycles. The van der Waals surface area contributed by atoms with Crippen LogP contribution in [0, 0.1) is 0 Å². The van der Waals surface area contributed by atoms with Crippen LogP contribution in [0.15, 0.2) is 48.8 Å². The molecule has 1 amide bonds. The summed E-state index contributed by atoms with van der Waals surface area (Å²) in [6, 6.07) is 11.6. The van der Waals surface area contributed by atoms with Gasteiger partial charge in [0.25, 0.3) is 0 Å². The number of carbonyl (C=O) groups excluding carboxylic acids is 1. The van der Waals surface area contributed by atoms with E-state index in [9.17, 15) is 4.79 Å². The molecule has 2 aromatic carbocycles. The van der Waals surface area contributed by atoms with Crippen molar-refractivity contribution in [2.45, 2.75) is 51.0 Å². The topological polar surface area (TPSA) is 130 Å². The molecule has 2 fully saturated rings. The van der Waals surface area contributed by atoms with Crippen LogP contribution in [0.25, 0.3) is 33.6 Å². The van der Waals surface area contributed by atoms with Gasteiger partial charge in [-0.2, -0.15) is 0 Å². The highest BCUT2D eigenvalue weighted by Crippen LogP contribution is 2.42. The van der Waals surface area contributed by atoms with E-state index in [0.29, 0.717) is 89.2 Å². The maximum Gasteiger partial charge on any atom is 0.237 e. The highest BCUT2D eigenvalue weighted by atomic mass is 35.5. The van der Waals surface area contributed by atoms with E-state index in [1.807, 2.05) is 36.4 Å². The largest absolute Gasteiger partial charge is 0.480 e. The van der Waals surface area contributed by atoms with E-state index >= 15 is 0 Å². The fraction of sp³-hybridized carbons (Fsp3) is 0.382. The molecule has 0 bridgehead atoms. The van der Waals surface area contributed by atoms with Crippen molar-refractivity contribution in [3.8, 4) is 45.4 Å². The molecular weight excluding hydrogens is 643 g/mol. The molecule has 11 nitrogen and oxygen atoms in total. The lowest BCUT2D eigenvalue weighted by molar-refractivity contribution is -0.119. The van der Waals surface area contributed by atoms with Crippen LogP contribution in [0.4, 0.5) is 0 Å². The standard InChI is InChI=1S/C34H36Cl2N6O5/c1-44-33-25(11-3-6-20-12-13-29(43)40-20)38-17-26(41-33)23-9-4-7-21(31(23)35)22-8-5-10-24(32(22)36)27-18-39-28(34(42-27)45-2)16-37-19-30-46-14-15-47-30/h4-5,7-10,17-18,20,30,37H,3,6,11-16,19H2,1-2H3,(H,40,43)/t20-/m1/s1. The molecule has 2 N–H and O–H groups in total. The number of nitrogens with zero attached hydrogens (tertiary/aromatic N) is 4. The van der Waals surface area contributed by atoms with Crippen LogP contribution in [0.5, 0.6) is 11.8 Å². The van der Waals surface area contributed by atoms with E-state index in [0.717, 1.165) is 36.1 Å². The van der Waals surface area contributed by atoms with Crippen molar-refractivity contribution in [3.05, 3.63) is 70.2 Å². The molecular formula is C34H36Cl2N6O5. The molecule has 47 heavy (non-hydrogen) atoms. The van der Waals surface area contributed by atoms with Crippen molar-refractivity contribution >= 4 is 29.1 Å².